The smallest absolute Gasteiger partial charge is 0.369 e. The molecule has 0 bridgehead atoms. The summed E-state index contributed by atoms with van der Waals surface area (Å²) in [5, 5.41) is 0. The van der Waals surface area contributed by atoms with E-state index in [1.54, 1.807) is 0 Å². The van der Waals surface area contributed by atoms with Crippen molar-refractivity contribution in [2.24, 2.45) is 21.5 Å². The van der Waals surface area contributed by atoms with E-state index in [0.29, 0.717) is 5.69 Å². The Hall–Kier alpha value is -1.96. The van der Waals surface area contributed by atoms with Crippen LogP contribution < -0.4 is 11.5 Å². The Morgan fingerprint density at radius 3 is 2.33 bits per heavy atom. The van der Waals surface area contributed by atoms with E-state index >= 15 is 0 Å². The molecule has 0 spiro atoms. The Morgan fingerprint density at radius 2 is 1.79 bits per heavy atom. The molecular formula is C15H21ClF3N5. The second kappa shape index (κ2) is 8.23. The van der Waals surface area contributed by atoms with Gasteiger partial charge in [0.15, 0.2) is 5.96 Å². The average molecular weight is 364 g/mol. The summed E-state index contributed by atoms with van der Waals surface area (Å²) in [6.45, 7) is 2.87. The molecule has 2 rings (SSSR count). The molecule has 9 heteroatoms. The van der Waals surface area contributed by atoms with Crippen LogP contribution in [0.2, 0.25) is 0 Å². The summed E-state index contributed by atoms with van der Waals surface area (Å²) in [4.78, 5) is 9.98. The normalized spacial score (nSPS) is 19.8. The third-order valence-corrected chi connectivity index (χ3v) is 3.76. The quantitative estimate of drug-likeness (QED) is 0.593. The summed E-state index contributed by atoms with van der Waals surface area (Å²) in [5.41, 5.74) is 11.2. The van der Waals surface area contributed by atoms with E-state index in [-0.39, 0.29) is 30.4 Å². The minimum Gasteiger partial charge on any atom is -0.369 e. The molecule has 1 saturated heterocycles. The molecule has 0 radical (unpaired) electrons. The summed E-state index contributed by atoms with van der Waals surface area (Å²) < 4.78 is 37.5. The van der Waals surface area contributed by atoms with Gasteiger partial charge in [0.05, 0.1) is 11.3 Å². The molecule has 1 heterocycles. The number of hydrogen-bond acceptors (Lipinski definition) is 1. The van der Waals surface area contributed by atoms with Crippen LogP contribution >= 0.6 is 12.4 Å². The van der Waals surface area contributed by atoms with Crippen molar-refractivity contribution >= 4 is 30.0 Å². The van der Waals surface area contributed by atoms with Crippen LogP contribution in [0.25, 0.3) is 0 Å². The fourth-order valence-electron chi connectivity index (χ4n) is 2.50. The van der Waals surface area contributed by atoms with Crippen LogP contribution in [0, 0.1) is 0 Å². The minimum absolute atomic E-state index is 0. The van der Waals surface area contributed by atoms with Crippen molar-refractivity contribution in [2.75, 3.05) is 6.54 Å². The lowest BCUT2D eigenvalue weighted by Gasteiger charge is -2.34. The van der Waals surface area contributed by atoms with Crippen molar-refractivity contribution in [1.29, 1.82) is 0 Å². The summed E-state index contributed by atoms with van der Waals surface area (Å²) >= 11 is 0. The van der Waals surface area contributed by atoms with Crippen molar-refractivity contribution in [1.82, 2.24) is 4.90 Å². The van der Waals surface area contributed by atoms with Crippen LogP contribution in [0.4, 0.5) is 18.9 Å². The molecule has 0 aliphatic carbocycles. The molecule has 1 aliphatic rings. The number of rotatable bonds is 1. The Bertz CT molecular complexity index is 598. The highest BCUT2D eigenvalue weighted by Crippen LogP contribution is 2.30. The minimum atomic E-state index is -4.37. The summed E-state index contributed by atoms with van der Waals surface area (Å²) in [6, 6.07) is 4.67. The number of likely N-dealkylation sites (tertiary alicyclic amines) is 1. The maximum Gasteiger partial charge on any atom is 0.416 e. The topological polar surface area (TPSA) is 80.0 Å². The van der Waals surface area contributed by atoms with Crippen LogP contribution in [-0.4, -0.2) is 29.4 Å². The van der Waals surface area contributed by atoms with Gasteiger partial charge in [0.1, 0.15) is 0 Å². The van der Waals surface area contributed by atoms with Crippen LogP contribution in [0.5, 0.6) is 0 Å². The molecule has 5 nitrogen and oxygen atoms in total. The fourth-order valence-corrected chi connectivity index (χ4v) is 2.50. The van der Waals surface area contributed by atoms with E-state index in [1.165, 1.54) is 12.1 Å². The van der Waals surface area contributed by atoms with Crippen molar-refractivity contribution in [3.8, 4) is 0 Å². The van der Waals surface area contributed by atoms with E-state index in [1.807, 2.05) is 4.90 Å². The van der Waals surface area contributed by atoms with Crippen molar-refractivity contribution < 1.29 is 13.2 Å². The Balaban J connectivity index is 0.00000288. The number of nitrogens with two attached hydrogens (primary N) is 2. The first-order chi connectivity index (χ1) is 10.8. The van der Waals surface area contributed by atoms with E-state index in [4.69, 9.17) is 11.5 Å². The molecule has 1 fully saturated rings. The second-order valence-corrected chi connectivity index (χ2v) is 5.52. The summed E-state index contributed by atoms with van der Waals surface area (Å²) in [5.74, 6) is 0.199. The van der Waals surface area contributed by atoms with Crippen LogP contribution in [-0.2, 0) is 6.18 Å². The molecule has 0 saturated carbocycles. The zero-order valence-electron chi connectivity index (χ0n) is 13.3. The average Bonchev–Trinajstić information content (AvgIpc) is 2.47. The Labute approximate surface area is 145 Å². The highest BCUT2D eigenvalue weighted by molar-refractivity contribution is 5.94. The van der Waals surface area contributed by atoms with E-state index in [0.717, 1.165) is 37.9 Å². The highest BCUT2D eigenvalue weighted by atomic mass is 35.5. The molecule has 1 unspecified atom stereocenters. The van der Waals surface area contributed by atoms with Gasteiger partial charge in [-0.2, -0.15) is 18.2 Å². The lowest BCUT2D eigenvalue weighted by atomic mass is 10.0. The first-order valence-corrected chi connectivity index (χ1v) is 7.39. The van der Waals surface area contributed by atoms with Crippen molar-refractivity contribution in [3.63, 3.8) is 0 Å². The lowest BCUT2D eigenvalue weighted by molar-refractivity contribution is -0.137. The number of alkyl halides is 3. The number of guanidine groups is 2. The third-order valence-electron chi connectivity index (χ3n) is 3.76. The van der Waals surface area contributed by atoms with Gasteiger partial charge < -0.3 is 16.4 Å². The van der Waals surface area contributed by atoms with Crippen LogP contribution in [0.1, 0.15) is 31.7 Å². The molecule has 1 atom stereocenters. The third kappa shape index (κ3) is 5.30. The molecular weight excluding hydrogens is 343 g/mol. The maximum absolute atomic E-state index is 12.5. The number of nitrogens with zero attached hydrogens (tertiary/aromatic N) is 3. The molecule has 0 amide bonds. The van der Waals surface area contributed by atoms with Gasteiger partial charge in [0.25, 0.3) is 0 Å². The molecule has 0 aromatic heterocycles. The van der Waals surface area contributed by atoms with Gasteiger partial charge in [-0.3, -0.25) is 0 Å². The molecule has 1 aromatic rings. The standard InChI is InChI=1S/C15H20F3N5.ClH/c1-10-4-2-3-9-23(10)14(20)22-13(19)21-12-7-5-11(6-8-12)15(16,17)18;/h5-8,10H,2-4,9H2,1H3,(H4,19,20,21,22);1H. The lowest BCUT2D eigenvalue weighted by Crippen LogP contribution is -2.46. The van der Waals surface area contributed by atoms with Crippen molar-refractivity contribution in [3.05, 3.63) is 29.8 Å². The van der Waals surface area contributed by atoms with Gasteiger partial charge in [0, 0.05) is 12.6 Å². The zero-order chi connectivity index (χ0) is 17.0. The van der Waals surface area contributed by atoms with E-state index in [2.05, 4.69) is 16.9 Å². The Kier molecular flexibility index (Phi) is 6.89. The monoisotopic (exact) mass is 363 g/mol. The summed E-state index contributed by atoms with van der Waals surface area (Å²) in [7, 11) is 0. The first kappa shape index (κ1) is 20.1. The fraction of sp³-hybridized carbons (Fsp3) is 0.467. The molecule has 24 heavy (non-hydrogen) atoms. The van der Waals surface area contributed by atoms with Crippen LogP contribution in [0.3, 0.4) is 0 Å². The SMILES string of the molecule is CC1CCCCN1C(N)=NC(N)=Nc1ccc(C(F)(F)F)cc1.Cl. The van der Waals surface area contributed by atoms with Crippen molar-refractivity contribution in [2.45, 2.75) is 38.4 Å². The second-order valence-electron chi connectivity index (χ2n) is 5.52. The van der Waals surface area contributed by atoms with Gasteiger partial charge in [-0.1, -0.05) is 0 Å². The zero-order valence-corrected chi connectivity index (χ0v) is 14.1. The number of benzene rings is 1. The van der Waals surface area contributed by atoms with Gasteiger partial charge in [-0.15, -0.1) is 12.4 Å². The number of aliphatic imine (C=N–C) groups is 2. The molecule has 1 aromatic carbocycles. The van der Waals surface area contributed by atoms with E-state index in [9.17, 15) is 13.2 Å². The highest BCUT2D eigenvalue weighted by Gasteiger charge is 2.29. The first-order valence-electron chi connectivity index (χ1n) is 7.39. The largest absolute Gasteiger partial charge is 0.416 e. The van der Waals surface area contributed by atoms with E-state index < -0.39 is 11.7 Å². The number of piperidine rings is 1. The maximum atomic E-state index is 12.5. The predicted molar refractivity (Wildman–Crippen MR) is 91.6 cm³/mol. The van der Waals surface area contributed by atoms with Gasteiger partial charge >= 0.3 is 6.18 Å². The molecule has 1 aliphatic heterocycles. The predicted octanol–water partition coefficient (Wildman–Crippen LogP) is 3.26. The Morgan fingerprint density at radius 1 is 1.17 bits per heavy atom. The summed E-state index contributed by atoms with van der Waals surface area (Å²) in [6.07, 6.45) is -1.15. The van der Waals surface area contributed by atoms with Gasteiger partial charge in [-0.05, 0) is 50.5 Å². The number of halogens is 4. The molecule has 134 valence electrons. The van der Waals surface area contributed by atoms with Gasteiger partial charge in [-0.25, -0.2) is 4.99 Å². The van der Waals surface area contributed by atoms with Crippen LogP contribution in [0.15, 0.2) is 34.3 Å². The number of hydrogen-bond donors (Lipinski definition) is 2. The molecule has 4 N–H and O–H groups in total. The van der Waals surface area contributed by atoms with Gasteiger partial charge in [0.2, 0.25) is 5.96 Å².